The molecule has 0 bridgehead atoms. The first kappa shape index (κ1) is 60.6. The molecular weight excluding hydrogens is 1070 g/mol. The molecule has 2 aliphatic carbocycles. The summed E-state index contributed by atoms with van der Waals surface area (Å²) in [6.45, 7) is 7.23. The molecule has 17 atom stereocenters. The van der Waals surface area contributed by atoms with E-state index in [1.54, 1.807) is 11.8 Å². The van der Waals surface area contributed by atoms with Crippen LogP contribution in [0.15, 0.2) is 101 Å². The Morgan fingerprint density at radius 2 is 1.30 bits per heavy atom. The van der Waals surface area contributed by atoms with Crippen LogP contribution in [-0.2, 0) is 91.0 Å². The molecule has 3 aromatic carbocycles. The van der Waals surface area contributed by atoms with Gasteiger partial charge < -0.3 is 62.3 Å². The van der Waals surface area contributed by atoms with Gasteiger partial charge in [-0.15, -0.1) is 0 Å². The fourth-order valence-electron chi connectivity index (χ4n) is 11.6. The van der Waals surface area contributed by atoms with E-state index >= 15 is 0 Å². The van der Waals surface area contributed by atoms with Gasteiger partial charge in [0.25, 0.3) is 0 Å². The normalized spacial score (nSPS) is 31.1. The average molecular weight is 1140 g/mol. The van der Waals surface area contributed by atoms with Crippen LogP contribution in [0.2, 0.25) is 0 Å². The van der Waals surface area contributed by atoms with Gasteiger partial charge in [0.2, 0.25) is 0 Å². The zero-order chi connectivity index (χ0) is 58.3. The number of benzene rings is 3. The van der Waals surface area contributed by atoms with Crippen molar-refractivity contribution in [1.82, 2.24) is 10.2 Å². The number of carbonyl (C=O) groups is 6. The smallest absolute Gasteiger partial charge is 0.410 e. The average Bonchev–Trinajstić information content (AvgIpc) is 3.28. The second kappa shape index (κ2) is 29.0. The summed E-state index contributed by atoms with van der Waals surface area (Å²) in [7, 11) is 0. The number of nitrogens with one attached hydrogen (secondary N) is 1. The third-order valence-corrected chi connectivity index (χ3v) is 15.2. The van der Waals surface area contributed by atoms with E-state index in [2.05, 4.69) is 25.4 Å². The van der Waals surface area contributed by atoms with Gasteiger partial charge in [0.1, 0.15) is 49.8 Å². The Bertz CT molecular complexity index is 2760. The lowest BCUT2D eigenvalue weighted by Gasteiger charge is -2.46. The molecule has 0 aromatic heterocycles. The first-order chi connectivity index (χ1) is 39.6. The summed E-state index contributed by atoms with van der Waals surface area (Å²) >= 11 is 0. The van der Waals surface area contributed by atoms with E-state index < -0.39 is 128 Å². The highest BCUT2D eigenvalue weighted by atomic mass is 16.8. The van der Waals surface area contributed by atoms with E-state index in [9.17, 15) is 39.8 Å². The number of hydrogen-bond acceptors (Lipinski definition) is 19. The predicted molar refractivity (Wildman–Crippen MR) is 286 cm³/mol. The number of alkyl carbamates (subject to hydrolysis) is 1. The third-order valence-electron chi connectivity index (χ3n) is 15.2. The predicted octanol–water partition coefficient (Wildman–Crippen LogP) is 8.06. The van der Waals surface area contributed by atoms with E-state index in [1.165, 1.54) is 6.92 Å². The summed E-state index contributed by atoms with van der Waals surface area (Å²) in [5, 5.41) is 10.6. The molecule has 5 aliphatic rings. The zero-order valence-electron chi connectivity index (χ0n) is 46.3. The van der Waals surface area contributed by atoms with Gasteiger partial charge in [0.05, 0.1) is 43.4 Å². The summed E-state index contributed by atoms with van der Waals surface area (Å²) in [5.41, 5.74) is 21.6. The highest BCUT2D eigenvalue weighted by Crippen LogP contribution is 2.45. The fraction of sp³-hybridized carbons (Fsp3) is 0.579. The molecule has 1 N–H and O–H groups in total. The van der Waals surface area contributed by atoms with E-state index in [1.807, 2.05) is 97.9 Å². The molecule has 3 heterocycles. The molecule has 3 aromatic rings. The van der Waals surface area contributed by atoms with E-state index in [-0.39, 0.29) is 63.9 Å². The van der Waals surface area contributed by atoms with Crippen molar-refractivity contribution in [3.63, 3.8) is 0 Å². The van der Waals surface area contributed by atoms with Crippen LogP contribution in [0.25, 0.3) is 20.9 Å². The first-order valence-corrected chi connectivity index (χ1v) is 27.6. The molecule has 3 saturated heterocycles. The summed E-state index contributed by atoms with van der Waals surface area (Å²) in [6, 6.07) is 25.8. The molecule has 25 nitrogen and oxygen atoms in total. The van der Waals surface area contributed by atoms with Gasteiger partial charge >= 0.3 is 36.1 Å². The Labute approximate surface area is 474 Å². The first-order valence-electron chi connectivity index (χ1n) is 27.6. The van der Waals surface area contributed by atoms with Crippen molar-refractivity contribution in [2.75, 3.05) is 13.1 Å². The lowest BCUT2D eigenvalue weighted by atomic mass is 9.76. The van der Waals surface area contributed by atoms with Gasteiger partial charge in [-0.3, -0.25) is 19.2 Å². The van der Waals surface area contributed by atoms with Gasteiger partial charge in [0.15, 0.2) is 18.7 Å². The molecule has 5 fully saturated rings. The summed E-state index contributed by atoms with van der Waals surface area (Å²) < 4.78 is 69.1. The fourth-order valence-corrected chi connectivity index (χ4v) is 11.6. The molecule has 0 radical (unpaired) electrons. The molecule has 8 rings (SSSR count). The van der Waals surface area contributed by atoms with Crippen LogP contribution in [0.4, 0.5) is 9.59 Å². The standard InChI is InChI=1S/C57H70N8O17/c1-6-43-50(78-44-25-40(27-60-63-58)49(74-33(3)66)51(75-34(4)67)46(44)62-64-59)53(76-35(5)68)55(79-43)82-52-47(32(2)24-39-26-45(69)80-48(39)52)81-54-42(61-56(70)72-30-37-18-12-8-13-19-37)23-22-41(77-54)29-65(28-36-16-10-7-11-17-36)57(71)73-31-38-20-14-9-15-21-38/h7-21,32,39-44,46-55H,6,22-31H2,1-5H3,(H,61,70)/t32-,39-,40-,41-,42+,43+,44-,46-,47+,48-,49+,50+,51+,52-,53+,54+,55-/m0/s1. The number of esters is 4. The van der Waals surface area contributed by atoms with Crippen LogP contribution in [0.5, 0.6) is 0 Å². The third kappa shape index (κ3) is 15.9. The van der Waals surface area contributed by atoms with Gasteiger partial charge in [-0.05, 0) is 65.8 Å². The Morgan fingerprint density at radius 1 is 0.695 bits per heavy atom. The molecule has 0 spiro atoms. The maximum atomic E-state index is 14.0. The highest BCUT2D eigenvalue weighted by molar-refractivity contribution is 5.72. The molecule has 0 unspecified atom stereocenters. The number of nitrogens with zero attached hydrogens (tertiary/aromatic N) is 7. The van der Waals surface area contributed by atoms with Crippen molar-refractivity contribution in [2.45, 2.75) is 179 Å². The van der Waals surface area contributed by atoms with Crippen molar-refractivity contribution < 1.29 is 80.9 Å². The van der Waals surface area contributed by atoms with E-state index in [0.717, 1.165) is 30.5 Å². The Morgan fingerprint density at radius 3 is 1.93 bits per heavy atom. The summed E-state index contributed by atoms with van der Waals surface area (Å²) in [6.07, 6.45) is -13.4. The molecular formula is C57H70N8O17. The van der Waals surface area contributed by atoms with Crippen LogP contribution in [0, 0.1) is 17.8 Å². The van der Waals surface area contributed by atoms with Crippen LogP contribution in [0.1, 0.15) is 89.8 Å². The number of azide groups is 2. The summed E-state index contributed by atoms with van der Waals surface area (Å²) in [5.74, 6) is -4.27. The van der Waals surface area contributed by atoms with Crippen molar-refractivity contribution >= 4 is 36.1 Å². The Hall–Kier alpha value is -7.50. The molecule has 2 amide bonds. The number of ether oxygens (including phenoxy) is 11. The van der Waals surface area contributed by atoms with E-state index in [4.69, 9.17) is 52.1 Å². The van der Waals surface area contributed by atoms with Crippen LogP contribution >= 0.6 is 0 Å². The number of amides is 2. The minimum Gasteiger partial charge on any atom is -0.459 e. The largest absolute Gasteiger partial charge is 0.459 e. The number of hydrogen-bond donors (Lipinski definition) is 1. The molecule has 25 heteroatoms. The van der Waals surface area contributed by atoms with E-state index in [0.29, 0.717) is 19.3 Å². The highest BCUT2D eigenvalue weighted by Gasteiger charge is 2.58. The lowest BCUT2D eigenvalue weighted by molar-refractivity contribution is -0.296. The van der Waals surface area contributed by atoms with Crippen molar-refractivity contribution in [1.29, 1.82) is 0 Å². The SMILES string of the molecule is CC[C@H]1O[C@@H](O[C@@H]2[C@H]3OC(=O)C[C@@H]3C[C@H](C)[C@H]2O[C@H]2O[C@H](CN(Cc3ccccc3)C(=O)OCc3ccccc3)CC[C@H]2NC(=O)OCc2ccccc2)[C@H](OC(C)=O)[C@@H]1O[C@H]1C[C@@H](CN=[N+]=[N-])[C@@H](OC(C)=O)[C@H](OC(C)=O)[C@H]1N=[N+]=[N-]. The van der Waals surface area contributed by atoms with Gasteiger partial charge in [-0.2, -0.15) is 0 Å². The monoisotopic (exact) mass is 1140 g/mol. The van der Waals surface area contributed by atoms with Crippen molar-refractivity contribution in [3.05, 3.63) is 129 Å². The zero-order valence-corrected chi connectivity index (χ0v) is 46.3. The molecule has 2 saturated carbocycles. The minimum absolute atomic E-state index is 0.0167. The van der Waals surface area contributed by atoms with Crippen LogP contribution in [-0.4, -0.2) is 140 Å². The number of rotatable bonds is 22. The van der Waals surface area contributed by atoms with Crippen LogP contribution in [0.3, 0.4) is 0 Å². The maximum absolute atomic E-state index is 14.0. The summed E-state index contributed by atoms with van der Waals surface area (Å²) in [4.78, 5) is 86.5. The molecule has 3 aliphatic heterocycles. The number of carbonyl (C=O) groups excluding carboxylic acids is 6. The van der Waals surface area contributed by atoms with Crippen LogP contribution < -0.4 is 5.32 Å². The second-order valence-corrected chi connectivity index (χ2v) is 21.2. The van der Waals surface area contributed by atoms with Crippen molar-refractivity contribution in [2.24, 2.45) is 28.0 Å². The lowest BCUT2D eigenvalue weighted by Crippen LogP contribution is -2.59. The Kier molecular flexibility index (Phi) is 21.4. The minimum atomic E-state index is -1.42. The van der Waals surface area contributed by atoms with Gasteiger partial charge in [-0.1, -0.05) is 115 Å². The quantitative estimate of drug-likeness (QED) is 0.0327. The topological polar surface area (TPSA) is 317 Å². The number of fused-ring (bicyclic) bond motifs is 1. The molecule has 82 heavy (non-hydrogen) atoms. The van der Waals surface area contributed by atoms with Gasteiger partial charge in [-0.25, -0.2) is 9.59 Å². The molecule has 440 valence electrons. The van der Waals surface area contributed by atoms with Gasteiger partial charge in [0, 0.05) is 55.5 Å². The van der Waals surface area contributed by atoms with Crippen molar-refractivity contribution in [3.8, 4) is 0 Å². The Balaban J connectivity index is 1.09. The second-order valence-electron chi connectivity index (χ2n) is 21.2. The maximum Gasteiger partial charge on any atom is 0.410 e.